The van der Waals surface area contributed by atoms with Gasteiger partial charge < -0.3 is 20.1 Å². The predicted molar refractivity (Wildman–Crippen MR) is 113 cm³/mol. The van der Waals surface area contributed by atoms with Crippen molar-refractivity contribution in [1.29, 1.82) is 0 Å². The molecule has 0 fully saturated rings. The summed E-state index contributed by atoms with van der Waals surface area (Å²) in [6, 6.07) is 5.90. The van der Waals surface area contributed by atoms with Crippen LogP contribution >= 0.6 is 0 Å². The molecular weight excluding hydrogens is 411 g/mol. The molecule has 10 heteroatoms. The highest BCUT2D eigenvalue weighted by atomic mass is 19.4. The normalized spacial score (nSPS) is 12.2. The Morgan fingerprint density at radius 3 is 2.65 bits per heavy atom. The molecule has 7 nitrogen and oxygen atoms in total. The van der Waals surface area contributed by atoms with Crippen molar-refractivity contribution in [2.45, 2.75) is 39.5 Å². The van der Waals surface area contributed by atoms with Crippen molar-refractivity contribution in [3.8, 4) is 5.75 Å². The van der Waals surface area contributed by atoms with E-state index in [4.69, 9.17) is 9.47 Å². The van der Waals surface area contributed by atoms with Gasteiger partial charge in [0, 0.05) is 57.6 Å². The number of aromatic nitrogens is 2. The summed E-state index contributed by atoms with van der Waals surface area (Å²) >= 11 is 0. The van der Waals surface area contributed by atoms with E-state index in [9.17, 15) is 13.2 Å². The Balaban J connectivity index is 2.09. The quantitative estimate of drug-likeness (QED) is 0.336. The molecule has 31 heavy (non-hydrogen) atoms. The monoisotopic (exact) mass is 441 g/mol. The highest BCUT2D eigenvalue weighted by Gasteiger charge is 2.36. The summed E-state index contributed by atoms with van der Waals surface area (Å²) in [6.07, 6.45) is -2.41. The Hall–Kier alpha value is -2.75. The third-order valence-electron chi connectivity index (χ3n) is 4.34. The van der Waals surface area contributed by atoms with Gasteiger partial charge in [0.15, 0.2) is 11.7 Å². The van der Waals surface area contributed by atoms with E-state index >= 15 is 0 Å². The van der Waals surface area contributed by atoms with Crippen LogP contribution in [0.5, 0.6) is 5.75 Å². The number of alkyl halides is 3. The second kappa shape index (κ2) is 11.6. The first-order chi connectivity index (χ1) is 14.7. The number of aliphatic imine (C=N–C) groups is 1. The molecule has 2 rings (SSSR count). The second-order valence-electron chi connectivity index (χ2n) is 7.03. The van der Waals surface area contributed by atoms with Gasteiger partial charge in [-0.15, -0.1) is 0 Å². The maximum Gasteiger partial charge on any atom is 0.435 e. The molecular formula is C21H30F3N5O2. The molecule has 0 unspecified atom stereocenters. The van der Waals surface area contributed by atoms with E-state index in [1.54, 1.807) is 7.11 Å². The zero-order valence-electron chi connectivity index (χ0n) is 18.3. The Bertz CT molecular complexity index is 865. The highest BCUT2D eigenvalue weighted by Crippen LogP contribution is 2.30. The van der Waals surface area contributed by atoms with Crippen LogP contribution in [0.2, 0.25) is 0 Å². The molecule has 0 aliphatic carbocycles. The Labute approximate surface area is 180 Å². The average molecular weight is 441 g/mol. The van der Waals surface area contributed by atoms with Crippen LogP contribution in [0.4, 0.5) is 13.2 Å². The molecule has 0 saturated heterocycles. The maximum atomic E-state index is 13.2. The van der Waals surface area contributed by atoms with Gasteiger partial charge in [-0.25, -0.2) is 4.99 Å². The molecule has 1 heterocycles. The highest BCUT2D eigenvalue weighted by molar-refractivity contribution is 5.79. The predicted octanol–water partition coefficient (Wildman–Crippen LogP) is 3.42. The molecule has 0 aliphatic heterocycles. The summed E-state index contributed by atoms with van der Waals surface area (Å²) in [5.41, 5.74) is 1.10. The van der Waals surface area contributed by atoms with Crippen LogP contribution in [0.3, 0.4) is 0 Å². The van der Waals surface area contributed by atoms with E-state index < -0.39 is 11.9 Å². The van der Waals surface area contributed by atoms with Gasteiger partial charge in [-0.3, -0.25) is 4.68 Å². The Kier molecular flexibility index (Phi) is 9.17. The largest absolute Gasteiger partial charge is 0.493 e. The molecule has 0 bridgehead atoms. The van der Waals surface area contributed by atoms with Crippen molar-refractivity contribution in [2.75, 3.05) is 26.9 Å². The number of methoxy groups -OCH3 is 1. The van der Waals surface area contributed by atoms with Gasteiger partial charge in [0.05, 0.1) is 13.2 Å². The minimum absolute atomic E-state index is 0.0182. The molecule has 0 spiro atoms. The van der Waals surface area contributed by atoms with Crippen LogP contribution in [-0.4, -0.2) is 42.6 Å². The number of ether oxygens (including phenoxy) is 2. The summed E-state index contributed by atoms with van der Waals surface area (Å²) in [5, 5.41) is 9.73. The van der Waals surface area contributed by atoms with E-state index in [1.807, 2.05) is 32.0 Å². The third kappa shape index (κ3) is 7.78. The lowest BCUT2D eigenvalue weighted by Crippen LogP contribution is -2.37. The molecule has 0 atom stereocenters. The number of rotatable bonds is 10. The van der Waals surface area contributed by atoms with Crippen molar-refractivity contribution in [3.05, 3.63) is 46.8 Å². The molecule has 0 radical (unpaired) electrons. The number of hydrogen-bond donors (Lipinski definition) is 2. The van der Waals surface area contributed by atoms with Crippen LogP contribution in [0.1, 0.15) is 35.7 Å². The minimum Gasteiger partial charge on any atom is -0.493 e. The van der Waals surface area contributed by atoms with Crippen molar-refractivity contribution in [2.24, 2.45) is 12.0 Å². The summed E-state index contributed by atoms with van der Waals surface area (Å²) in [4.78, 5) is 4.30. The molecule has 2 N–H and O–H groups in total. The minimum atomic E-state index is -4.52. The fourth-order valence-corrected chi connectivity index (χ4v) is 2.90. The zero-order valence-corrected chi connectivity index (χ0v) is 18.3. The van der Waals surface area contributed by atoms with Crippen LogP contribution in [0, 0.1) is 6.92 Å². The van der Waals surface area contributed by atoms with Gasteiger partial charge in [-0.1, -0.05) is 12.1 Å². The number of halogens is 3. The van der Waals surface area contributed by atoms with Crippen LogP contribution < -0.4 is 15.4 Å². The van der Waals surface area contributed by atoms with Crippen molar-refractivity contribution in [1.82, 2.24) is 20.4 Å². The molecule has 172 valence electrons. The fourth-order valence-electron chi connectivity index (χ4n) is 2.90. The molecule has 0 amide bonds. The number of nitrogens with one attached hydrogen (secondary N) is 2. The molecule has 2 aromatic rings. The lowest BCUT2D eigenvalue weighted by Gasteiger charge is -2.15. The fraction of sp³-hybridized carbons (Fsp3) is 0.524. The van der Waals surface area contributed by atoms with E-state index in [2.05, 4.69) is 20.7 Å². The smallest absolute Gasteiger partial charge is 0.435 e. The third-order valence-corrected chi connectivity index (χ3v) is 4.34. The van der Waals surface area contributed by atoms with Gasteiger partial charge in [-0.05, 0) is 25.5 Å². The molecule has 0 aliphatic rings. The first-order valence-corrected chi connectivity index (χ1v) is 10.1. The van der Waals surface area contributed by atoms with E-state index in [-0.39, 0.29) is 12.1 Å². The molecule has 0 saturated carbocycles. The van der Waals surface area contributed by atoms with Gasteiger partial charge in [0.2, 0.25) is 0 Å². The first-order valence-electron chi connectivity index (χ1n) is 10.1. The van der Waals surface area contributed by atoms with Gasteiger partial charge in [0.25, 0.3) is 0 Å². The number of nitrogens with zero attached hydrogens (tertiary/aromatic N) is 3. The number of guanidine groups is 1. The van der Waals surface area contributed by atoms with Gasteiger partial charge >= 0.3 is 6.18 Å². The lowest BCUT2D eigenvalue weighted by atomic mass is 10.1. The maximum absolute atomic E-state index is 13.2. The summed E-state index contributed by atoms with van der Waals surface area (Å²) in [7, 11) is 3.10. The number of aryl methyl sites for hydroxylation is 2. The van der Waals surface area contributed by atoms with Gasteiger partial charge in [0.1, 0.15) is 5.75 Å². The topological polar surface area (TPSA) is 72.7 Å². The summed E-state index contributed by atoms with van der Waals surface area (Å²) < 4.78 is 51.5. The molecule has 1 aromatic heterocycles. The second-order valence-corrected chi connectivity index (χ2v) is 7.03. The van der Waals surface area contributed by atoms with Crippen LogP contribution in [0.15, 0.2) is 29.4 Å². The summed E-state index contributed by atoms with van der Waals surface area (Å²) in [6.45, 7) is 5.84. The standard InChI is InChI=1S/C21H30F3N5O2/c1-5-25-20(27-13-17-14-29(3)28-19(17)21(22,23)24)26-12-16-8-7-15(2)11-18(16)31-10-6-9-30-4/h7-8,11,14H,5-6,9-10,12-13H2,1-4H3,(H2,25,26,27). The number of hydrogen-bond acceptors (Lipinski definition) is 4. The first kappa shape index (κ1) is 24.5. The van der Waals surface area contributed by atoms with Crippen LogP contribution in [-0.2, 0) is 31.1 Å². The van der Waals surface area contributed by atoms with Crippen molar-refractivity contribution in [3.63, 3.8) is 0 Å². The zero-order chi connectivity index (χ0) is 22.9. The van der Waals surface area contributed by atoms with E-state index in [1.165, 1.54) is 13.2 Å². The Morgan fingerprint density at radius 1 is 1.19 bits per heavy atom. The SMILES string of the molecule is CCNC(=NCc1cn(C)nc1C(F)(F)F)NCc1ccc(C)cc1OCCCOC. The van der Waals surface area contributed by atoms with Crippen molar-refractivity contribution < 1.29 is 22.6 Å². The Morgan fingerprint density at radius 2 is 1.97 bits per heavy atom. The van der Waals surface area contributed by atoms with Crippen molar-refractivity contribution >= 4 is 5.96 Å². The molecule has 1 aromatic carbocycles. The number of benzene rings is 1. The van der Waals surface area contributed by atoms with E-state index in [0.717, 1.165) is 28.0 Å². The lowest BCUT2D eigenvalue weighted by molar-refractivity contribution is -0.142. The van der Waals surface area contributed by atoms with Gasteiger partial charge in [-0.2, -0.15) is 18.3 Å². The van der Waals surface area contributed by atoms with Crippen LogP contribution in [0.25, 0.3) is 0 Å². The average Bonchev–Trinajstić information content (AvgIpc) is 3.09. The van der Waals surface area contributed by atoms with E-state index in [0.29, 0.717) is 32.3 Å². The summed E-state index contributed by atoms with van der Waals surface area (Å²) in [5.74, 6) is 1.16.